The summed E-state index contributed by atoms with van der Waals surface area (Å²) in [5, 5.41) is 10.6. The fraction of sp³-hybridized carbons (Fsp3) is 0.667. The molecule has 1 nitrogen and oxygen atoms in total. The molecule has 19 heavy (non-hydrogen) atoms. The summed E-state index contributed by atoms with van der Waals surface area (Å²) < 4.78 is 0. The summed E-state index contributed by atoms with van der Waals surface area (Å²) in [6.07, 6.45) is 6.21. The maximum Gasteiger partial charge on any atom is 0.0896 e. The largest absolute Gasteiger partial charge is 0.385 e. The monoisotopic (exact) mass is 264 g/mol. The Morgan fingerprint density at radius 2 is 1.37 bits per heavy atom. The van der Waals surface area contributed by atoms with Crippen LogP contribution in [0.1, 0.15) is 72.3 Å². The highest BCUT2D eigenvalue weighted by Crippen LogP contribution is 2.38. The Bertz CT molecular complexity index is 297. The summed E-state index contributed by atoms with van der Waals surface area (Å²) in [5.74, 6) is 0.439. The normalized spacial score (nSPS) is 18.2. The van der Waals surface area contributed by atoms with Crippen LogP contribution in [0, 0.1) is 5.92 Å². The summed E-state index contributed by atoms with van der Waals surface area (Å²) in [4.78, 5) is 0. The van der Waals surface area contributed by atoms with Gasteiger partial charge in [-0.2, -0.15) is 0 Å². The summed E-state index contributed by atoms with van der Waals surface area (Å²) >= 11 is 0. The van der Waals surface area contributed by atoms with Gasteiger partial charge in [0.1, 0.15) is 0 Å². The molecule has 0 bridgehead atoms. The number of benzene rings is 1. The van der Waals surface area contributed by atoms with Crippen molar-refractivity contribution in [2.24, 2.45) is 5.92 Å². The average molecular weight is 264 g/mol. The van der Waals surface area contributed by atoms with Gasteiger partial charge in [0.2, 0.25) is 0 Å². The molecule has 0 aliphatic heterocycles. The van der Waals surface area contributed by atoms with Gasteiger partial charge >= 0.3 is 0 Å². The second-order valence-corrected chi connectivity index (χ2v) is 4.85. The molecule has 110 valence electrons. The number of rotatable bonds is 2. The molecule has 1 atom stereocenters. The molecular weight excluding hydrogens is 232 g/mol. The molecule has 1 N–H and O–H groups in total. The molecule has 0 spiro atoms. The van der Waals surface area contributed by atoms with Crippen LogP contribution in [0.4, 0.5) is 0 Å². The quantitative estimate of drug-likeness (QED) is 0.745. The van der Waals surface area contributed by atoms with E-state index >= 15 is 0 Å². The van der Waals surface area contributed by atoms with Crippen LogP contribution in [-0.4, -0.2) is 5.11 Å². The molecule has 1 heteroatoms. The van der Waals surface area contributed by atoms with E-state index < -0.39 is 5.60 Å². The van der Waals surface area contributed by atoms with Crippen LogP contribution in [0.5, 0.6) is 0 Å². The van der Waals surface area contributed by atoms with Gasteiger partial charge in [0, 0.05) is 0 Å². The van der Waals surface area contributed by atoms with Crippen LogP contribution in [0.15, 0.2) is 30.3 Å². The minimum absolute atomic E-state index is 0.439. The van der Waals surface area contributed by atoms with E-state index in [1.54, 1.807) is 0 Å². The van der Waals surface area contributed by atoms with Crippen LogP contribution in [-0.2, 0) is 5.60 Å². The molecule has 0 heterocycles. The van der Waals surface area contributed by atoms with Gasteiger partial charge in [-0.3, -0.25) is 0 Å². The second kappa shape index (κ2) is 10.0. The van der Waals surface area contributed by atoms with Gasteiger partial charge in [0.25, 0.3) is 0 Å². The van der Waals surface area contributed by atoms with Crippen molar-refractivity contribution in [1.82, 2.24) is 0 Å². The zero-order valence-corrected chi connectivity index (χ0v) is 13.4. The SMILES string of the molecule is CC.CC.CC(O)(c1ccccc1)C1CCCCC1. The Morgan fingerprint density at radius 1 is 0.895 bits per heavy atom. The van der Waals surface area contributed by atoms with Gasteiger partial charge in [-0.25, -0.2) is 0 Å². The molecule has 1 aromatic carbocycles. The van der Waals surface area contributed by atoms with E-state index in [1.165, 1.54) is 32.1 Å². The first kappa shape index (κ1) is 18.2. The van der Waals surface area contributed by atoms with Gasteiger partial charge in [-0.05, 0) is 31.2 Å². The van der Waals surface area contributed by atoms with Gasteiger partial charge in [0.15, 0.2) is 0 Å². The van der Waals surface area contributed by atoms with Crippen molar-refractivity contribution in [3.8, 4) is 0 Å². The lowest BCUT2D eigenvalue weighted by Crippen LogP contribution is -2.33. The number of hydrogen-bond donors (Lipinski definition) is 1. The van der Waals surface area contributed by atoms with Gasteiger partial charge < -0.3 is 5.11 Å². The van der Waals surface area contributed by atoms with Crippen molar-refractivity contribution in [1.29, 1.82) is 0 Å². The summed E-state index contributed by atoms with van der Waals surface area (Å²) in [7, 11) is 0. The van der Waals surface area contributed by atoms with Crippen molar-refractivity contribution in [2.45, 2.75) is 72.3 Å². The summed E-state index contributed by atoms with van der Waals surface area (Å²) in [5.41, 5.74) is 0.429. The molecule has 1 aliphatic carbocycles. The fourth-order valence-electron chi connectivity index (χ4n) is 2.68. The highest BCUT2D eigenvalue weighted by molar-refractivity contribution is 5.22. The van der Waals surface area contributed by atoms with Crippen LogP contribution in [0.25, 0.3) is 0 Å². The molecule has 1 fully saturated rings. The lowest BCUT2D eigenvalue weighted by molar-refractivity contribution is -0.0215. The number of aliphatic hydroxyl groups is 1. The predicted molar refractivity (Wildman–Crippen MR) is 85.3 cm³/mol. The Hall–Kier alpha value is -0.820. The topological polar surface area (TPSA) is 20.2 Å². The lowest BCUT2D eigenvalue weighted by atomic mass is 9.74. The first-order chi connectivity index (χ1) is 9.21. The molecule has 1 saturated carbocycles. The smallest absolute Gasteiger partial charge is 0.0896 e. The van der Waals surface area contributed by atoms with Crippen LogP contribution in [0.2, 0.25) is 0 Å². The van der Waals surface area contributed by atoms with E-state index in [4.69, 9.17) is 0 Å². The van der Waals surface area contributed by atoms with Crippen molar-refractivity contribution in [3.63, 3.8) is 0 Å². The van der Waals surface area contributed by atoms with Crippen molar-refractivity contribution < 1.29 is 5.11 Å². The molecule has 1 unspecified atom stereocenters. The maximum atomic E-state index is 10.6. The molecule has 0 amide bonds. The minimum atomic E-state index is -0.637. The van der Waals surface area contributed by atoms with E-state index in [-0.39, 0.29) is 0 Å². The molecule has 0 radical (unpaired) electrons. The van der Waals surface area contributed by atoms with Gasteiger partial charge in [0.05, 0.1) is 5.60 Å². The highest BCUT2D eigenvalue weighted by Gasteiger charge is 2.33. The highest BCUT2D eigenvalue weighted by atomic mass is 16.3. The molecule has 0 aromatic heterocycles. The van der Waals surface area contributed by atoms with E-state index in [2.05, 4.69) is 0 Å². The van der Waals surface area contributed by atoms with Crippen LogP contribution in [0.3, 0.4) is 0 Å². The van der Waals surface area contributed by atoms with E-state index in [9.17, 15) is 5.11 Å². The van der Waals surface area contributed by atoms with Crippen LogP contribution >= 0.6 is 0 Å². The van der Waals surface area contributed by atoms with E-state index in [0.29, 0.717) is 5.92 Å². The Morgan fingerprint density at radius 3 is 1.84 bits per heavy atom. The zero-order chi connectivity index (χ0) is 14.7. The van der Waals surface area contributed by atoms with Crippen molar-refractivity contribution >= 4 is 0 Å². The first-order valence-corrected chi connectivity index (χ1v) is 7.99. The number of hydrogen-bond acceptors (Lipinski definition) is 1. The van der Waals surface area contributed by atoms with E-state index in [0.717, 1.165) is 5.56 Å². The van der Waals surface area contributed by atoms with Crippen LogP contribution < -0.4 is 0 Å². The average Bonchev–Trinajstić information content (AvgIpc) is 2.53. The zero-order valence-electron chi connectivity index (χ0n) is 13.4. The predicted octanol–water partition coefficient (Wildman–Crippen LogP) is 5.53. The lowest BCUT2D eigenvalue weighted by Gasteiger charge is -2.36. The second-order valence-electron chi connectivity index (χ2n) is 4.85. The Labute approximate surface area is 120 Å². The van der Waals surface area contributed by atoms with Crippen molar-refractivity contribution in [3.05, 3.63) is 35.9 Å². The molecule has 2 rings (SSSR count). The first-order valence-electron chi connectivity index (χ1n) is 7.99. The Balaban J connectivity index is 0.000000741. The summed E-state index contributed by atoms with van der Waals surface area (Å²) in [6.45, 7) is 9.97. The third-order valence-electron chi connectivity index (χ3n) is 3.76. The maximum absolute atomic E-state index is 10.6. The molecule has 1 aromatic rings. The van der Waals surface area contributed by atoms with Crippen molar-refractivity contribution in [2.75, 3.05) is 0 Å². The van der Waals surface area contributed by atoms with Gasteiger partial charge in [-0.15, -0.1) is 0 Å². The Kier molecular flexibility index (Phi) is 9.59. The minimum Gasteiger partial charge on any atom is -0.385 e. The third kappa shape index (κ3) is 5.36. The molecule has 0 saturated heterocycles. The third-order valence-corrected chi connectivity index (χ3v) is 3.76. The molecule has 1 aliphatic rings. The molecular formula is C18H32O. The summed E-state index contributed by atoms with van der Waals surface area (Å²) in [6, 6.07) is 10.1. The standard InChI is InChI=1S/C14H20O.2C2H6/c1-14(15,12-8-4-2-5-9-12)13-10-6-3-7-11-13;2*1-2/h2,4-5,8-9,13,15H,3,6-7,10-11H2,1H3;2*1-2H3. The van der Waals surface area contributed by atoms with E-state index in [1.807, 2.05) is 65.0 Å². The van der Waals surface area contributed by atoms with Gasteiger partial charge in [-0.1, -0.05) is 77.3 Å². The fourth-order valence-corrected chi connectivity index (χ4v) is 2.68.